The molecule has 0 atom stereocenters. The van der Waals surface area contributed by atoms with E-state index in [1.54, 1.807) is 10.9 Å². The molecule has 1 aromatic carbocycles. The molecule has 0 fully saturated rings. The highest BCUT2D eigenvalue weighted by Gasteiger charge is 2.14. The van der Waals surface area contributed by atoms with Crippen molar-refractivity contribution in [1.82, 2.24) is 25.1 Å². The summed E-state index contributed by atoms with van der Waals surface area (Å²) in [4.78, 5) is 31.4. The standard InChI is InChI=1S/C22H27N5O3/c1-14-15(11-25-27(14)5)10-24-20(28)18-12-23-19(26-21(18)29)13-30-17-8-6-16(7-9-17)22(2,3)4/h6-9,11-12H,10,13H2,1-5H3,(H,24,28)(H,23,26,29). The fraction of sp³-hybridized carbons (Fsp3) is 0.364. The molecule has 0 spiro atoms. The van der Waals surface area contributed by atoms with Crippen molar-refractivity contribution in [2.75, 3.05) is 0 Å². The first-order valence-corrected chi connectivity index (χ1v) is 9.72. The van der Waals surface area contributed by atoms with Crippen molar-refractivity contribution in [2.24, 2.45) is 7.05 Å². The van der Waals surface area contributed by atoms with Gasteiger partial charge in [-0.15, -0.1) is 0 Å². The fourth-order valence-electron chi connectivity index (χ4n) is 2.86. The van der Waals surface area contributed by atoms with Gasteiger partial charge in [-0.1, -0.05) is 32.9 Å². The molecule has 0 aliphatic rings. The molecule has 3 aromatic rings. The first-order chi connectivity index (χ1) is 14.1. The normalized spacial score (nSPS) is 11.4. The fourth-order valence-corrected chi connectivity index (χ4v) is 2.86. The molecular formula is C22H27N5O3. The van der Waals surface area contributed by atoms with Crippen molar-refractivity contribution in [1.29, 1.82) is 0 Å². The van der Waals surface area contributed by atoms with E-state index < -0.39 is 11.5 Å². The molecule has 0 aliphatic carbocycles. The van der Waals surface area contributed by atoms with Gasteiger partial charge in [0.05, 0.1) is 6.20 Å². The smallest absolute Gasteiger partial charge is 0.263 e. The van der Waals surface area contributed by atoms with Gasteiger partial charge in [-0.2, -0.15) is 5.10 Å². The number of amides is 1. The molecule has 2 heterocycles. The SMILES string of the molecule is Cc1c(CNC(=O)c2cnc(COc3ccc(C(C)(C)C)cc3)[nH]c2=O)cnn1C. The van der Waals surface area contributed by atoms with Crippen LogP contribution in [-0.2, 0) is 25.6 Å². The van der Waals surface area contributed by atoms with Crippen LogP contribution in [0.1, 0.15) is 53.8 Å². The van der Waals surface area contributed by atoms with Crippen molar-refractivity contribution < 1.29 is 9.53 Å². The molecule has 8 heteroatoms. The van der Waals surface area contributed by atoms with Gasteiger partial charge >= 0.3 is 0 Å². The number of nitrogens with one attached hydrogen (secondary N) is 2. The van der Waals surface area contributed by atoms with Gasteiger partial charge in [-0.25, -0.2) is 4.98 Å². The van der Waals surface area contributed by atoms with Gasteiger partial charge in [0.1, 0.15) is 23.7 Å². The first-order valence-electron chi connectivity index (χ1n) is 9.72. The van der Waals surface area contributed by atoms with E-state index >= 15 is 0 Å². The summed E-state index contributed by atoms with van der Waals surface area (Å²) in [6, 6.07) is 7.81. The molecule has 30 heavy (non-hydrogen) atoms. The average Bonchev–Trinajstić information content (AvgIpc) is 3.02. The largest absolute Gasteiger partial charge is 0.486 e. The Morgan fingerprint density at radius 1 is 1.20 bits per heavy atom. The number of ether oxygens (including phenoxy) is 1. The van der Waals surface area contributed by atoms with E-state index in [-0.39, 0.29) is 24.1 Å². The Balaban J connectivity index is 1.60. The first kappa shape index (κ1) is 21.3. The number of benzene rings is 1. The van der Waals surface area contributed by atoms with Gasteiger partial charge in [-0.05, 0) is 30.0 Å². The maximum absolute atomic E-state index is 12.3. The van der Waals surface area contributed by atoms with E-state index in [0.29, 0.717) is 11.6 Å². The number of rotatable bonds is 6. The van der Waals surface area contributed by atoms with Crippen molar-refractivity contribution in [3.05, 3.63) is 75.2 Å². The van der Waals surface area contributed by atoms with Gasteiger partial charge in [0.15, 0.2) is 0 Å². The molecule has 158 valence electrons. The molecule has 0 bridgehead atoms. The lowest BCUT2D eigenvalue weighted by atomic mass is 9.87. The van der Waals surface area contributed by atoms with Crippen LogP contribution in [0.2, 0.25) is 0 Å². The van der Waals surface area contributed by atoms with Gasteiger partial charge in [0.2, 0.25) is 0 Å². The highest BCUT2D eigenvalue weighted by molar-refractivity contribution is 5.93. The average molecular weight is 409 g/mol. The van der Waals surface area contributed by atoms with E-state index in [4.69, 9.17) is 4.74 Å². The Morgan fingerprint density at radius 3 is 2.47 bits per heavy atom. The third kappa shape index (κ3) is 4.94. The van der Waals surface area contributed by atoms with Crippen LogP contribution in [0, 0.1) is 6.92 Å². The van der Waals surface area contributed by atoms with E-state index in [0.717, 1.165) is 11.3 Å². The lowest BCUT2D eigenvalue weighted by Gasteiger charge is -2.19. The predicted octanol–water partition coefficient (Wildman–Crippen LogP) is 2.62. The molecule has 0 unspecified atom stereocenters. The van der Waals surface area contributed by atoms with Crippen molar-refractivity contribution in [3.63, 3.8) is 0 Å². The third-order valence-electron chi connectivity index (χ3n) is 4.97. The Morgan fingerprint density at radius 2 is 1.90 bits per heavy atom. The molecule has 2 aromatic heterocycles. The summed E-state index contributed by atoms with van der Waals surface area (Å²) in [5.41, 5.74) is 2.56. The molecule has 2 N–H and O–H groups in total. The minimum absolute atomic E-state index is 0.0465. The Hall–Kier alpha value is -3.42. The third-order valence-corrected chi connectivity index (χ3v) is 4.97. The number of hydrogen-bond acceptors (Lipinski definition) is 5. The van der Waals surface area contributed by atoms with E-state index in [9.17, 15) is 9.59 Å². The number of aromatic nitrogens is 4. The Bertz CT molecular complexity index is 1090. The number of H-pyrrole nitrogens is 1. The van der Waals surface area contributed by atoms with Crippen molar-refractivity contribution >= 4 is 5.91 Å². The van der Waals surface area contributed by atoms with Crippen LogP contribution in [0.3, 0.4) is 0 Å². The maximum Gasteiger partial charge on any atom is 0.263 e. The lowest BCUT2D eigenvalue weighted by Crippen LogP contribution is -2.30. The van der Waals surface area contributed by atoms with Crippen LogP contribution in [0.4, 0.5) is 0 Å². The number of carbonyl (C=O) groups excluding carboxylic acids is 1. The van der Waals surface area contributed by atoms with Gasteiger partial charge in [-0.3, -0.25) is 14.3 Å². The quantitative estimate of drug-likeness (QED) is 0.652. The minimum atomic E-state index is -0.507. The molecular weight excluding hydrogens is 382 g/mol. The second-order valence-electron chi connectivity index (χ2n) is 8.20. The highest BCUT2D eigenvalue weighted by Crippen LogP contribution is 2.24. The zero-order chi connectivity index (χ0) is 21.9. The number of aromatic amines is 1. The minimum Gasteiger partial charge on any atom is -0.486 e. The van der Waals surface area contributed by atoms with Gasteiger partial charge < -0.3 is 15.0 Å². The molecule has 0 aliphatic heterocycles. The molecule has 0 radical (unpaired) electrons. The molecule has 3 rings (SSSR count). The van der Waals surface area contributed by atoms with Crippen LogP contribution in [0.5, 0.6) is 5.75 Å². The van der Waals surface area contributed by atoms with Crippen LogP contribution < -0.4 is 15.6 Å². The Kier molecular flexibility index (Phi) is 6.05. The Labute approximate surface area is 175 Å². The second kappa shape index (κ2) is 8.52. The topological polar surface area (TPSA) is 102 Å². The van der Waals surface area contributed by atoms with Crippen molar-refractivity contribution in [2.45, 2.75) is 46.3 Å². The van der Waals surface area contributed by atoms with Crippen LogP contribution in [0.25, 0.3) is 0 Å². The number of carbonyl (C=O) groups is 1. The number of aryl methyl sites for hydroxylation is 1. The van der Waals surface area contributed by atoms with E-state index in [1.807, 2.05) is 38.2 Å². The number of hydrogen-bond donors (Lipinski definition) is 2. The molecule has 0 saturated heterocycles. The molecule has 0 saturated carbocycles. The summed E-state index contributed by atoms with van der Waals surface area (Å²) in [5, 5.41) is 6.85. The predicted molar refractivity (Wildman–Crippen MR) is 113 cm³/mol. The maximum atomic E-state index is 12.3. The lowest BCUT2D eigenvalue weighted by molar-refractivity contribution is 0.0948. The van der Waals surface area contributed by atoms with E-state index in [1.165, 1.54) is 11.8 Å². The van der Waals surface area contributed by atoms with Crippen LogP contribution in [0.15, 0.2) is 41.5 Å². The zero-order valence-corrected chi connectivity index (χ0v) is 17.9. The highest BCUT2D eigenvalue weighted by atomic mass is 16.5. The number of nitrogens with zero attached hydrogens (tertiary/aromatic N) is 3. The summed E-state index contributed by atoms with van der Waals surface area (Å²) in [7, 11) is 1.83. The molecule has 1 amide bonds. The second-order valence-corrected chi connectivity index (χ2v) is 8.20. The van der Waals surface area contributed by atoms with Crippen LogP contribution in [-0.4, -0.2) is 25.7 Å². The van der Waals surface area contributed by atoms with Crippen LogP contribution >= 0.6 is 0 Å². The molecule has 8 nitrogen and oxygen atoms in total. The monoisotopic (exact) mass is 409 g/mol. The summed E-state index contributed by atoms with van der Waals surface area (Å²) >= 11 is 0. The van der Waals surface area contributed by atoms with Gasteiger partial charge in [0, 0.05) is 31.0 Å². The van der Waals surface area contributed by atoms with Gasteiger partial charge in [0.25, 0.3) is 11.5 Å². The summed E-state index contributed by atoms with van der Waals surface area (Å²) in [6.45, 7) is 8.73. The van der Waals surface area contributed by atoms with E-state index in [2.05, 4.69) is 41.2 Å². The summed E-state index contributed by atoms with van der Waals surface area (Å²) < 4.78 is 7.42. The zero-order valence-electron chi connectivity index (χ0n) is 17.9. The summed E-state index contributed by atoms with van der Waals surface area (Å²) in [5.74, 6) is 0.538. The summed E-state index contributed by atoms with van der Waals surface area (Å²) in [6.07, 6.45) is 2.96. The van der Waals surface area contributed by atoms with Crippen molar-refractivity contribution in [3.8, 4) is 5.75 Å².